The molecule has 1 fully saturated rings. The summed E-state index contributed by atoms with van der Waals surface area (Å²) in [6.07, 6.45) is 1.96. The standard InChI is InChI=1S/C14H18BrF2NS/c1-2-6-18-14(9-5-7-19-8-9)12-11(16)4-3-10(15)13(12)17/h3-4,9,14,18H,2,5-8H2,1H3. The average molecular weight is 350 g/mol. The normalized spacial score (nSPS) is 20.7. The van der Waals surface area contributed by atoms with Crippen LogP contribution in [0.3, 0.4) is 0 Å². The fraction of sp³-hybridized carbons (Fsp3) is 0.571. The van der Waals surface area contributed by atoms with E-state index in [1.54, 1.807) is 0 Å². The molecule has 1 aromatic carbocycles. The maximum atomic E-state index is 14.3. The monoisotopic (exact) mass is 349 g/mol. The highest BCUT2D eigenvalue weighted by Crippen LogP contribution is 2.37. The van der Waals surface area contributed by atoms with Gasteiger partial charge in [-0.3, -0.25) is 0 Å². The molecule has 0 amide bonds. The molecule has 1 heterocycles. The van der Waals surface area contributed by atoms with Crippen molar-refractivity contribution in [2.45, 2.75) is 25.8 Å². The minimum absolute atomic E-state index is 0.190. The first-order chi connectivity index (χ1) is 9.15. The van der Waals surface area contributed by atoms with Gasteiger partial charge < -0.3 is 5.32 Å². The molecule has 0 aromatic heterocycles. The van der Waals surface area contributed by atoms with Crippen LogP contribution in [0, 0.1) is 17.6 Å². The van der Waals surface area contributed by atoms with Gasteiger partial charge in [0.15, 0.2) is 0 Å². The van der Waals surface area contributed by atoms with Crippen molar-refractivity contribution >= 4 is 27.7 Å². The molecule has 5 heteroatoms. The van der Waals surface area contributed by atoms with Gasteiger partial charge >= 0.3 is 0 Å². The van der Waals surface area contributed by atoms with Crippen LogP contribution in [0.15, 0.2) is 16.6 Å². The quantitative estimate of drug-likeness (QED) is 0.784. The lowest BCUT2D eigenvalue weighted by atomic mass is 9.91. The molecule has 0 saturated carbocycles. The number of hydrogen-bond acceptors (Lipinski definition) is 2. The lowest BCUT2D eigenvalue weighted by Crippen LogP contribution is -2.30. The van der Waals surface area contributed by atoms with Crippen molar-refractivity contribution in [1.29, 1.82) is 0 Å². The number of benzene rings is 1. The minimum atomic E-state index is -0.467. The zero-order chi connectivity index (χ0) is 13.8. The number of rotatable bonds is 5. The summed E-state index contributed by atoms with van der Waals surface area (Å²) >= 11 is 5.01. The number of halogens is 3. The van der Waals surface area contributed by atoms with Crippen LogP contribution in [0.4, 0.5) is 8.78 Å². The molecule has 2 atom stereocenters. The van der Waals surface area contributed by atoms with Crippen LogP contribution >= 0.6 is 27.7 Å². The summed E-state index contributed by atoms with van der Waals surface area (Å²) < 4.78 is 28.6. The summed E-state index contributed by atoms with van der Waals surface area (Å²) in [6.45, 7) is 2.83. The van der Waals surface area contributed by atoms with E-state index in [2.05, 4.69) is 28.2 Å². The molecule has 0 bridgehead atoms. The largest absolute Gasteiger partial charge is 0.309 e. The molecule has 1 nitrogen and oxygen atoms in total. The summed E-state index contributed by atoms with van der Waals surface area (Å²) in [7, 11) is 0. The lowest BCUT2D eigenvalue weighted by molar-refractivity contribution is 0.366. The van der Waals surface area contributed by atoms with Crippen molar-refractivity contribution in [2.75, 3.05) is 18.1 Å². The average Bonchev–Trinajstić information content (AvgIpc) is 2.92. The van der Waals surface area contributed by atoms with Gasteiger partial charge in [0.2, 0.25) is 0 Å². The van der Waals surface area contributed by atoms with Gasteiger partial charge in [0, 0.05) is 11.6 Å². The summed E-state index contributed by atoms with van der Waals surface area (Å²) in [4.78, 5) is 0. The van der Waals surface area contributed by atoms with E-state index in [9.17, 15) is 8.78 Å². The molecule has 1 saturated heterocycles. The molecular formula is C14H18BrF2NS. The zero-order valence-electron chi connectivity index (χ0n) is 10.9. The van der Waals surface area contributed by atoms with Gasteiger partial charge in [-0.2, -0.15) is 11.8 Å². The molecule has 19 heavy (non-hydrogen) atoms. The van der Waals surface area contributed by atoms with E-state index < -0.39 is 11.6 Å². The third-order valence-corrected chi connectivity index (χ3v) is 5.24. The molecule has 1 aliphatic rings. The first-order valence-corrected chi connectivity index (χ1v) is 8.54. The van der Waals surface area contributed by atoms with Crippen LogP contribution in [0.1, 0.15) is 31.4 Å². The van der Waals surface area contributed by atoms with Crippen molar-refractivity contribution < 1.29 is 8.78 Å². The molecule has 0 aliphatic carbocycles. The van der Waals surface area contributed by atoms with E-state index in [0.717, 1.165) is 30.9 Å². The van der Waals surface area contributed by atoms with Crippen molar-refractivity contribution in [3.8, 4) is 0 Å². The summed E-state index contributed by atoms with van der Waals surface area (Å²) in [5, 5.41) is 3.32. The Morgan fingerprint density at radius 3 is 2.89 bits per heavy atom. The topological polar surface area (TPSA) is 12.0 Å². The van der Waals surface area contributed by atoms with E-state index in [-0.39, 0.29) is 11.6 Å². The maximum absolute atomic E-state index is 14.3. The number of hydrogen-bond donors (Lipinski definition) is 1. The predicted molar refractivity (Wildman–Crippen MR) is 80.5 cm³/mol. The van der Waals surface area contributed by atoms with E-state index in [1.807, 2.05) is 11.8 Å². The summed E-state index contributed by atoms with van der Waals surface area (Å²) in [5.41, 5.74) is 0.190. The van der Waals surface area contributed by atoms with Crippen LogP contribution in [-0.4, -0.2) is 18.1 Å². The third-order valence-electron chi connectivity index (χ3n) is 3.44. The highest BCUT2D eigenvalue weighted by Gasteiger charge is 2.31. The highest BCUT2D eigenvalue weighted by molar-refractivity contribution is 9.10. The lowest BCUT2D eigenvalue weighted by Gasteiger charge is -2.26. The van der Waals surface area contributed by atoms with Gasteiger partial charge in [-0.25, -0.2) is 8.78 Å². The van der Waals surface area contributed by atoms with E-state index in [0.29, 0.717) is 10.4 Å². The van der Waals surface area contributed by atoms with Crippen molar-refractivity contribution in [2.24, 2.45) is 5.92 Å². The number of thioether (sulfide) groups is 1. The minimum Gasteiger partial charge on any atom is -0.309 e. The second-order valence-electron chi connectivity index (χ2n) is 4.81. The smallest absolute Gasteiger partial charge is 0.145 e. The fourth-order valence-corrected chi connectivity index (χ4v) is 4.09. The second-order valence-corrected chi connectivity index (χ2v) is 6.82. The van der Waals surface area contributed by atoms with Crippen molar-refractivity contribution in [3.63, 3.8) is 0 Å². The van der Waals surface area contributed by atoms with Crippen LogP contribution in [-0.2, 0) is 0 Å². The Morgan fingerprint density at radius 1 is 1.47 bits per heavy atom. The van der Waals surface area contributed by atoms with Crippen LogP contribution in [0.5, 0.6) is 0 Å². The third kappa shape index (κ3) is 3.50. The Morgan fingerprint density at radius 2 is 2.26 bits per heavy atom. The Hall–Kier alpha value is -0.130. The maximum Gasteiger partial charge on any atom is 0.145 e. The van der Waals surface area contributed by atoms with Crippen molar-refractivity contribution in [1.82, 2.24) is 5.32 Å². The number of nitrogens with one attached hydrogen (secondary N) is 1. The molecule has 1 aromatic rings. The molecule has 1 aliphatic heterocycles. The first kappa shape index (κ1) is 15.3. The van der Waals surface area contributed by atoms with Crippen LogP contribution in [0.2, 0.25) is 0 Å². The summed E-state index contributed by atoms with van der Waals surface area (Å²) in [6, 6.07) is 2.53. The molecule has 1 N–H and O–H groups in total. The predicted octanol–water partition coefficient (Wildman–Crippen LogP) is 4.52. The fourth-order valence-electron chi connectivity index (χ4n) is 2.45. The zero-order valence-corrected chi connectivity index (χ0v) is 13.3. The Labute approximate surface area is 125 Å². The van der Waals surface area contributed by atoms with Crippen LogP contribution < -0.4 is 5.32 Å². The van der Waals surface area contributed by atoms with Gasteiger partial charge in [0.25, 0.3) is 0 Å². The van der Waals surface area contributed by atoms with E-state index in [1.165, 1.54) is 12.1 Å². The van der Waals surface area contributed by atoms with Crippen LogP contribution in [0.25, 0.3) is 0 Å². The van der Waals surface area contributed by atoms with Crippen molar-refractivity contribution in [3.05, 3.63) is 33.8 Å². The van der Waals surface area contributed by atoms with E-state index in [4.69, 9.17) is 0 Å². The second kappa shape index (κ2) is 7.04. The van der Waals surface area contributed by atoms with Gasteiger partial charge in [-0.05, 0) is 64.9 Å². The SMILES string of the molecule is CCCNC(c1c(F)ccc(Br)c1F)C1CCSC1. The molecule has 0 radical (unpaired) electrons. The molecule has 0 spiro atoms. The first-order valence-electron chi connectivity index (χ1n) is 6.59. The Balaban J connectivity index is 2.33. The van der Waals surface area contributed by atoms with Gasteiger partial charge in [-0.15, -0.1) is 0 Å². The highest BCUT2D eigenvalue weighted by atomic mass is 79.9. The van der Waals surface area contributed by atoms with Gasteiger partial charge in [0.1, 0.15) is 11.6 Å². The molecule has 106 valence electrons. The van der Waals surface area contributed by atoms with E-state index >= 15 is 0 Å². The molecular weight excluding hydrogens is 332 g/mol. The summed E-state index contributed by atoms with van der Waals surface area (Å²) in [5.74, 6) is 1.42. The molecule has 2 rings (SSSR count). The van der Waals surface area contributed by atoms with Gasteiger partial charge in [0.05, 0.1) is 4.47 Å². The Kier molecular flexibility index (Phi) is 5.66. The van der Waals surface area contributed by atoms with Gasteiger partial charge in [-0.1, -0.05) is 6.92 Å². The Bertz CT molecular complexity index is 436. The molecule has 2 unspecified atom stereocenters.